The Balaban J connectivity index is -0.000000795. The van der Waals surface area contributed by atoms with Gasteiger partial charge in [0, 0.05) is 36.8 Å². The normalized spacial score (nSPS) is 16.7. The van der Waals surface area contributed by atoms with Gasteiger partial charge in [0.15, 0.2) is 0 Å². The third kappa shape index (κ3) is 21.6. The number of amides is 1. The lowest BCUT2D eigenvalue weighted by Crippen LogP contribution is -2.53. The monoisotopic (exact) mass is 690 g/mol. The van der Waals surface area contributed by atoms with Crippen molar-refractivity contribution >= 4 is 29.1 Å². The molecule has 1 amide bonds. The van der Waals surface area contributed by atoms with E-state index < -0.39 is 11.8 Å². The van der Waals surface area contributed by atoms with Crippen LogP contribution in [0.25, 0.3) is 5.57 Å². The first-order valence-electron chi connectivity index (χ1n) is 15.9. The molecule has 47 heavy (non-hydrogen) atoms. The Bertz CT molecular complexity index is 1170. The first kappa shape index (κ1) is 48.5. The molecule has 0 radical (unpaired) electrons. The molecule has 1 aromatic rings. The summed E-state index contributed by atoms with van der Waals surface area (Å²) >= 11 is 5.53. The van der Waals surface area contributed by atoms with Crippen LogP contribution in [0.5, 0.6) is 0 Å². The Labute approximate surface area is 286 Å². The van der Waals surface area contributed by atoms with Crippen molar-refractivity contribution in [3.8, 4) is 0 Å². The Kier molecular flexibility index (Phi) is 29.0. The van der Waals surface area contributed by atoms with Gasteiger partial charge in [-0.15, -0.1) is 0 Å². The minimum Gasteiger partial charge on any atom is -0.478 e. The van der Waals surface area contributed by atoms with E-state index in [1.165, 1.54) is 24.1 Å². The van der Waals surface area contributed by atoms with Crippen LogP contribution < -0.4 is 5.32 Å². The van der Waals surface area contributed by atoms with Gasteiger partial charge in [0.2, 0.25) is 5.91 Å². The molecule has 1 fully saturated rings. The number of carboxylic acid groups (broad SMARTS) is 1. The highest BCUT2D eigenvalue weighted by atomic mass is 35.5. The summed E-state index contributed by atoms with van der Waals surface area (Å²) < 4.78 is 40.7. The summed E-state index contributed by atoms with van der Waals surface area (Å²) in [7, 11) is 2.08. The number of ether oxygens (including phenoxy) is 1. The standard InChI is InChI=1S/C22H33FN2O2.C7H9ClO2.C3H4F2.C2H6O.C2H6/c1-6-18(12-23)20-11-17(4)16(3)10-19(20)13-25(5)9-8-22(7-2)15-24-21(26)14-27-22;1-3-6(8)4-5(2)7(9)10;1-3(5)2-4;1-2-3;1-2/h10-12H,6-9,13-15H2,1-5H3,(H,24,26);3-4H,1-2H3,(H,9,10);2H,1H3;3H,2H2,1H3;1-2H3/b18-12-;5-4+,6-3+;3-2-;;. The van der Waals surface area contributed by atoms with Crippen molar-refractivity contribution in [2.75, 3.05) is 33.4 Å². The van der Waals surface area contributed by atoms with Crippen LogP contribution in [0.1, 0.15) is 96.9 Å². The van der Waals surface area contributed by atoms with Crippen LogP contribution in [0, 0.1) is 13.8 Å². The molecular weight excluding hydrogens is 633 g/mol. The van der Waals surface area contributed by atoms with Crippen molar-refractivity contribution in [3.63, 3.8) is 0 Å². The number of hydrogen-bond donors (Lipinski definition) is 3. The molecule has 1 unspecified atom stereocenters. The number of carbonyl (C=O) groups is 2. The number of nitrogens with one attached hydrogen (secondary N) is 1. The Morgan fingerprint density at radius 2 is 1.66 bits per heavy atom. The molecule has 1 heterocycles. The molecular formula is C36H58ClF3N2O5. The number of nitrogens with zero attached hydrogens (tertiary/aromatic N) is 1. The highest BCUT2D eigenvalue weighted by Gasteiger charge is 2.34. The van der Waals surface area contributed by atoms with E-state index in [1.54, 1.807) is 19.9 Å². The topological polar surface area (TPSA) is 99.1 Å². The van der Waals surface area contributed by atoms with Gasteiger partial charge >= 0.3 is 5.97 Å². The van der Waals surface area contributed by atoms with E-state index in [4.69, 9.17) is 26.6 Å². The molecule has 0 saturated carbocycles. The summed E-state index contributed by atoms with van der Waals surface area (Å²) in [5.74, 6) is -1.78. The van der Waals surface area contributed by atoms with Crippen LogP contribution >= 0.6 is 11.6 Å². The fourth-order valence-corrected chi connectivity index (χ4v) is 4.06. The largest absolute Gasteiger partial charge is 0.478 e. The van der Waals surface area contributed by atoms with Crippen LogP contribution in [-0.4, -0.2) is 65.9 Å². The minimum atomic E-state index is -0.944. The summed E-state index contributed by atoms with van der Waals surface area (Å²) in [5, 5.41) is 19.3. The zero-order valence-corrected chi connectivity index (χ0v) is 31.0. The molecule has 7 nitrogen and oxygen atoms in total. The number of rotatable bonds is 10. The van der Waals surface area contributed by atoms with Gasteiger partial charge in [0.1, 0.15) is 18.8 Å². The van der Waals surface area contributed by atoms with E-state index >= 15 is 0 Å². The van der Waals surface area contributed by atoms with E-state index in [1.807, 2.05) is 20.8 Å². The lowest BCUT2D eigenvalue weighted by Gasteiger charge is -2.37. The van der Waals surface area contributed by atoms with Crippen LogP contribution in [-0.2, 0) is 20.9 Å². The molecule has 3 N–H and O–H groups in total. The Hall–Kier alpha value is -2.92. The maximum absolute atomic E-state index is 13.4. The number of halogens is 4. The number of benzene rings is 1. The van der Waals surface area contributed by atoms with Crippen molar-refractivity contribution < 1.29 is 37.7 Å². The number of aryl methyl sites for hydroxylation is 2. The average molecular weight is 691 g/mol. The van der Waals surface area contributed by atoms with Crippen molar-refractivity contribution in [2.45, 2.75) is 101 Å². The van der Waals surface area contributed by atoms with Crippen LogP contribution in [0.15, 0.2) is 53.4 Å². The molecule has 0 aliphatic carbocycles. The molecule has 0 bridgehead atoms. The lowest BCUT2D eigenvalue weighted by atomic mass is 9.92. The van der Waals surface area contributed by atoms with Crippen molar-refractivity contribution in [1.82, 2.24) is 10.2 Å². The first-order chi connectivity index (χ1) is 22.1. The van der Waals surface area contributed by atoms with E-state index in [-0.39, 0.29) is 36.6 Å². The molecule has 1 aliphatic rings. The number of morpholine rings is 1. The number of aliphatic hydroxyl groups excluding tert-OH is 1. The fraction of sp³-hybridized carbons (Fsp3) is 0.556. The maximum atomic E-state index is 13.4. The van der Waals surface area contributed by atoms with Gasteiger partial charge in [0.25, 0.3) is 0 Å². The number of allylic oxidation sites excluding steroid dienone is 5. The van der Waals surface area contributed by atoms with Crippen molar-refractivity contribution in [2.24, 2.45) is 0 Å². The van der Waals surface area contributed by atoms with Crippen molar-refractivity contribution in [3.05, 3.63) is 75.6 Å². The van der Waals surface area contributed by atoms with Gasteiger partial charge in [-0.3, -0.25) is 4.79 Å². The maximum Gasteiger partial charge on any atom is 0.331 e. The quantitative estimate of drug-likeness (QED) is 0.167. The summed E-state index contributed by atoms with van der Waals surface area (Å²) in [6.07, 6.45) is 6.07. The molecule has 2 rings (SSSR count). The second kappa shape index (κ2) is 28.1. The predicted molar refractivity (Wildman–Crippen MR) is 189 cm³/mol. The number of hydrogen-bond acceptors (Lipinski definition) is 5. The van der Waals surface area contributed by atoms with E-state index in [9.17, 15) is 22.8 Å². The predicted octanol–water partition coefficient (Wildman–Crippen LogP) is 9.11. The smallest absolute Gasteiger partial charge is 0.331 e. The molecule has 1 saturated heterocycles. The van der Waals surface area contributed by atoms with Gasteiger partial charge in [0.05, 0.1) is 11.9 Å². The van der Waals surface area contributed by atoms with Crippen LogP contribution in [0.3, 0.4) is 0 Å². The Morgan fingerprint density at radius 1 is 1.13 bits per heavy atom. The van der Waals surface area contributed by atoms with E-state index in [0.717, 1.165) is 55.9 Å². The molecule has 270 valence electrons. The van der Waals surface area contributed by atoms with Gasteiger partial charge in [-0.05, 0) is 102 Å². The first-order valence-corrected chi connectivity index (χ1v) is 16.2. The van der Waals surface area contributed by atoms with Crippen molar-refractivity contribution in [1.29, 1.82) is 0 Å². The molecule has 1 aromatic carbocycles. The minimum absolute atomic E-state index is 0.0442. The third-order valence-electron chi connectivity index (χ3n) is 6.85. The summed E-state index contributed by atoms with van der Waals surface area (Å²) in [5.41, 5.74) is 5.24. The molecule has 1 aliphatic heterocycles. The molecule has 0 spiro atoms. The zero-order chi connectivity index (χ0) is 37.2. The van der Waals surface area contributed by atoms with E-state index in [2.05, 4.69) is 50.2 Å². The highest BCUT2D eigenvalue weighted by molar-refractivity contribution is 6.31. The highest BCUT2D eigenvalue weighted by Crippen LogP contribution is 2.28. The second-order valence-corrected chi connectivity index (χ2v) is 10.9. The number of aliphatic hydroxyl groups is 1. The van der Waals surface area contributed by atoms with Gasteiger partial charge in [-0.25, -0.2) is 18.0 Å². The molecule has 0 aromatic heterocycles. The molecule has 1 atom stereocenters. The number of carbonyl (C=O) groups excluding carboxylic acids is 1. The summed E-state index contributed by atoms with van der Waals surface area (Å²) in [6.45, 7) is 20.7. The SMILES string of the molecule is C/C(F)=C/F.C/C=C(Cl)\C=C(/C)C(=O)O.CC.CC/C(=C/F)c1cc(C)c(C)cc1CN(C)CCC1(CC)CNC(=O)CO1.CCO. The van der Waals surface area contributed by atoms with Crippen LogP contribution in [0.2, 0.25) is 0 Å². The zero-order valence-electron chi connectivity index (χ0n) is 30.2. The van der Waals surface area contributed by atoms with Gasteiger partial charge in [-0.2, -0.15) is 0 Å². The average Bonchev–Trinajstić information content (AvgIpc) is 3.05. The van der Waals surface area contributed by atoms with Crippen LogP contribution in [0.4, 0.5) is 13.2 Å². The van der Waals surface area contributed by atoms with Gasteiger partial charge < -0.3 is 25.2 Å². The third-order valence-corrected chi connectivity index (χ3v) is 7.17. The lowest BCUT2D eigenvalue weighted by molar-refractivity contribution is -0.145. The fourth-order valence-electron chi connectivity index (χ4n) is 3.89. The number of aliphatic carboxylic acids is 1. The molecule has 11 heteroatoms. The summed E-state index contributed by atoms with van der Waals surface area (Å²) in [6, 6.07) is 4.27. The van der Waals surface area contributed by atoms with E-state index in [0.29, 0.717) is 18.0 Å². The van der Waals surface area contributed by atoms with Gasteiger partial charge in [-0.1, -0.05) is 57.5 Å². The summed E-state index contributed by atoms with van der Waals surface area (Å²) in [4.78, 5) is 23.8. The number of carboxylic acids is 1. The second-order valence-electron chi connectivity index (χ2n) is 10.5. The Morgan fingerprint density at radius 3 is 2.04 bits per heavy atom.